The second-order valence-corrected chi connectivity index (χ2v) is 14.1. The molecule has 3 rings (SSSR count). The van der Waals surface area contributed by atoms with Crippen molar-refractivity contribution in [2.24, 2.45) is 17.3 Å². The first-order chi connectivity index (χ1) is 23.8. The molecule has 1 unspecified atom stereocenters. The number of likely N-dealkylation sites (N-methyl/N-ethyl adjacent to an activating group) is 1. The molecule has 0 aliphatic heterocycles. The summed E-state index contributed by atoms with van der Waals surface area (Å²) >= 11 is 0. The topological polar surface area (TPSA) is 140 Å². The van der Waals surface area contributed by atoms with Crippen LogP contribution in [0.1, 0.15) is 72.8 Å². The second-order valence-electron chi connectivity index (χ2n) is 14.1. The molecule has 10 heteroatoms. The summed E-state index contributed by atoms with van der Waals surface area (Å²) in [5.74, 6) is 4.68. The quantitative estimate of drug-likeness (QED) is 0.0723. The Morgan fingerprint density at radius 2 is 1.50 bits per heavy atom. The minimum absolute atomic E-state index is 0.0973. The zero-order valence-electron chi connectivity index (χ0n) is 30.8. The number of benzene rings is 2. The Morgan fingerprint density at radius 1 is 0.860 bits per heavy atom. The van der Waals surface area contributed by atoms with Crippen molar-refractivity contribution in [3.8, 4) is 23.0 Å². The average molecular weight is 688 g/mol. The lowest BCUT2D eigenvalue weighted by molar-refractivity contribution is -0.134. The van der Waals surface area contributed by atoms with Gasteiger partial charge in [-0.15, -0.1) is 0 Å². The first-order valence-corrected chi connectivity index (χ1v) is 18.0. The first kappa shape index (κ1) is 40.4. The first-order valence-electron chi connectivity index (χ1n) is 18.0. The Hall–Kier alpha value is -4.04. The van der Waals surface area contributed by atoms with Gasteiger partial charge in [-0.3, -0.25) is 24.1 Å². The van der Waals surface area contributed by atoms with Crippen molar-refractivity contribution in [3.63, 3.8) is 0 Å². The number of carbonyl (C=O) groups is 4. The molecule has 1 aliphatic carbocycles. The zero-order valence-corrected chi connectivity index (χ0v) is 30.8. The summed E-state index contributed by atoms with van der Waals surface area (Å²) < 4.78 is 0. The summed E-state index contributed by atoms with van der Waals surface area (Å²) in [5, 5.41) is 23.4. The fourth-order valence-electron chi connectivity index (χ4n) is 5.88. The summed E-state index contributed by atoms with van der Waals surface area (Å²) in [4.78, 5) is 53.9. The van der Waals surface area contributed by atoms with Crippen LogP contribution in [0.5, 0.6) is 0 Å². The van der Waals surface area contributed by atoms with Crippen LogP contribution in [-0.4, -0.2) is 84.5 Å². The summed E-state index contributed by atoms with van der Waals surface area (Å²) in [6.45, 7) is 12.5. The molecule has 0 aromatic heterocycles. The Labute approximate surface area is 298 Å². The molecule has 50 heavy (non-hydrogen) atoms. The standard InChI is InChI=1S/C40H57N5O5/c1-8-22-41-23-19-33(29(6)46)43-37(48)34(24-27(3)4)42-35(47)26-45(7)38(49)36(28(5)9-2)44-39(50)40(20-21-40)25-30-15-17-32(18-16-30)31-13-11-10-12-14-31/h10-18,27-28,33-34,36,38,41,49H,8-9,19,22-26H2,1-7H3,(H,42,47)(H,43,48)(H,44,50)/t28-,33-,34+,36-,38?/m0/s1. The average Bonchev–Trinajstić information content (AvgIpc) is 3.88. The molecule has 5 atom stereocenters. The van der Waals surface area contributed by atoms with Crippen LogP contribution >= 0.6 is 0 Å². The molecular weight excluding hydrogens is 630 g/mol. The number of nitrogens with one attached hydrogen (secondary N) is 4. The number of aliphatic hydroxyl groups is 1. The van der Waals surface area contributed by atoms with Crippen molar-refractivity contribution >= 4 is 23.5 Å². The predicted molar refractivity (Wildman–Crippen MR) is 198 cm³/mol. The highest BCUT2D eigenvalue weighted by Crippen LogP contribution is 2.32. The van der Waals surface area contributed by atoms with E-state index in [0.717, 1.165) is 29.7 Å². The van der Waals surface area contributed by atoms with E-state index in [0.29, 0.717) is 32.2 Å². The van der Waals surface area contributed by atoms with Crippen LogP contribution in [-0.2, 0) is 25.6 Å². The molecule has 0 saturated heterocycles. The van der Waals surface area contributed by atoms with Crippen LogP contribution in [0.3, 0.4) is 0 Å². The maximum absolute atomic E-state index is 13.6. The van der Waals surface area contributed by atoms with Crippen LogP contribution in [0.2, 0.25) is 0 Å². The highest BCUT2D eigenvalue weighted by atomic mass is 16.3. The lowest BCUT2D eigenvalue weighted by Gasteiger charge is -2.35. The Morgan fingerprint density at radius 3 is 2.06 bits per heavy atom. The van der Waals surface area contributed by atoms with Gasteiger partial charge in [0, 0.05) is 6.42 Å². The van der Waals surface area contributed by atoms with Gasteiger partial charge in [-0.1, -0.05) is 107 Å². The Balaban J connectivity index is 1.62. The molecule has 0 bridgehead atoms. The lowest BCUT2D eigenvalue weighted by atomic mass is 9.89. The van der Waals surface area contributed by atoms with E-state index in [9.17, 15) is 24.3 Å². The number of hydrogen-bond acceptors (Lipinski definition) is 7. The van der Waals surface area contributed by atoms with E-state index < -0.39 is 41.6 Å². The third-order valence-electron chi connectivity index (χ3n) is 9.27. The van der Waals surface area contributed by atoms with Crippen molar-refractivity contribution in [2.75, 3.05) is 26.7 Å². The van der Waals surface area contributed by atoms with Gasteiger partial charge >= 0.3 is 0 Å². The summed E-state index contributed by atoms with van der Waals surface area (Å²) in [7, 11) is 1.61. The van der Waals surface area contributed by atoms with Crippen molar-refractivity contribution in [1.29, 1.82) is 0 Å². The van der Waals surface area contributed by atoms with Crippen LogP contribution in [0, 0.1) is 29.1 Å². The number of Topliss-reactive ketones (excluding diaryl/α,β-unsaturated/α-hetero) is 1. The van der Waals surface area contributed by atoms with Crippen molar-refractivity contribution in [1.82, 2.24) is 26.2 Å². The summed E-state index contributed by atoms with van der Waals surface area (Å²) in [6, 6.07) is 16.0. The Bertz CT molecular complexity index is 1470. The molecule has 0 radical (unpaired) electrons. The number of nitrogens with zero attached hydrogens (tertiary/aromatic N) is 1. The normalized spacial score (nSPS) is 16.0. The zero-order chi connectivity index (χ0) is 36.8. The third-order valence-corrected chi connectivity index (χ3v) is 9.27. The molecule has 272 valence electrons. The van der Waals surface area contributed by atoms with E-state index in [1.165, 1.54) is 11.8 Å². The summed E-state index contributed by atoms with van der Waals surface area (Å²) in [6.07, 6.45) is 1.69. The number of rotatable bonds is 22. The second kappa shape index (κ2) is 19.4. The number of ketones is 1. The largest absolute Gasteiger partial charge is 0.376 e. The molecule has 2 aromatic rings. The van der Waals surface area contributed by atoms with Gasteiger partial charge in [0.2, 0.25) is 11.8 Å². The van der Waals surface area contributed by atoms with E-state index in [2.05, 4.69) is 52.2 Å². The van der Waals surface area contributed by atoms with E-state index in [1.807, 2.05) is 70.2 Å². The highest BCUT2D eigenvalue weighted by molar-refractivity contribution is 5.95. The van der Waals surface area contributed by atoms with Gasteiger partial charge in [0.15, 0.2) is 11.2 Å². The van der Waals surface area contributed by atoms with E-state index >= 15 is 0 Å². The summed E-state index contributed by atoms with van der Waals surface area (Å²) in [5.41, 5.74) is 2.15. The fourth-order valence-corrected chi connectivity index (χ4v) is 5.88. The number of carbonyl (C=O) groups excluding carboxylic acids is 4. The maximum atomic E-state index is 13.6. The molecular formula is C40H57N5O5. The number of aliphatic hydroxyl groups excluding tert-OH is 1. The smallest absolute Gasteiger partial charge is 0.251 e. The number of amides is 3. The van der Waals surface area contributed by atoms with Crippen LogP contribution in [0.15, 0.2) is 54.6 Å². The molecule has 2 aromatic carbocycles. The SMILES string of the molecule is CCCNCC[C@H](NC(=O)[C@@H](CC(C)C)NC(=O)CN(C)C(O)[C@@H](NC(=O)C1(Cc2ccc(-c3ccccc3)cc2)C#C1)[C@@H](C)CC)C(C)=O. The van der Waals surface area contributed by atoms with Crippen molar-refractivity contribution in [3.05, 3.63) is 60.2 Å². The molecule has 0 saturated carbocycles. The van der Waals surface area contributed by atoms with Crippen LogP contribution < -0.4 is 21.3 Å². The predicted octanol–water partition coefficient (Wildman–Crippen LogP) is 3.68. The van der Waals surface area contributed by atoms with E-state index in [4.69, 9.17) is 0 Å². The number of hydrogen-bond donors (Lipinski definition) is 5. The van der Waals surface area contributed by atoms with Crippen molar-refractivity contribution in [2.45, 2.75) is 98.0 Å². The van der Waals surface area contributed by atoms with Crippen molar-refractivity contribution < 1.29 is 24.3 Å². The van der Waals surface area contributed by atoms with Gasteiger partial charge in [0.1, 0.15) is 12.3 Å². The minimum atomic E-state index is -1.18. The van der Waals surface area contributed by atoms with E-state index in [1.54, 1.807) is 7.05 Å². The minimum Gasteiger partial charge on any atom is -0.376 e. The molecule has 0 heterocycles. The molecule has 10 nitrogen and oxygen atoms in total. The molecule has 1 aliphatic rings. The fraction of sp³-hybridized carbons (Fsp3) is 0.550. The molecule has 0 spiro atoms. The van der Waals surface area contributed by atoms with Gasteiger partial charge < -0.3 is 26.4 Å². The van der Waals surface area contributed by atoms with Gasteiger partial charge in [-0.2, -0.15) is 0 Å². The third kappa shape index (κ3) is 12.1. The van der Waals surface area contributed by atoms with E-state index in [-0.39, 0.29) is 30.1 Å². The molecule has 0 fully saturated rings. The van der Waals surface area contributed by atoms with Crippen LogP contribution in [0.25, 0.3) is 11.1 Å². The lowest BCUT2D eigenvalue weighted by Crippen LogP contribution is -2.58. The van der Waals surface area contributed by atoms with Gasteiger partial charge in [-0.05, 0) is 74.8 Å². The van der Waals surface area contributed by atoms with Gasteiger partial charge in [0.25, 0.3) is 5.91 Å². The Kier molecular flexibility index (Phi) is 15.7. The van der Waals surface area contributed by atoms with Gasteiger partial charge in [-0.25, -0.2) is 0 Å². The molecule has 5 N–H and O–H groups in total. The van der Waals surface area contributed by atoms with Gasteiger partial charge in [0.05, 0.1) is 18.6 Å². The van der Waals surface area contributed by atoms with Crippen LogP contribution in [0.4, 0.5) is 0 Å². The maximum Gasteiger partial charge on any atom is 0.251 e. The molecule has 3 amide bonds. The monoisotopic (exact) mass is 687 g/mol. The highest BCUT2D eigenvalue weighted by Gasteiger charge is 2.45.